The molecule has 0 aliphatic carbocycles. The van der Waals surface area contributed by atoms with Gasteiger partial charge in [0.15, 0.2) is 0 Å². The molecule has 1 heterocycles. The van der Waals surface area contributed by atoms with E-state index in [4.69, 9.17) is 14.6 Å². The van der Waals surface area contributed by atoms with Gasteiger partial charge >= 0.3 is 6.09 Å². The first kappa shape index (κ1) is 17.2. The standard InChI is InChI=1S/C15H29NO4/c1-5-15(19-11-7-6-10-17)8-9-16(12-15)13(18)20-14(2,3)4/h17H,5-12H2,1-4H3. The molecule has 0 saturated carbocycles. The zero-order valence-corrected chi connectivity index (χ0v) is 13.3. The van der Waals surface area contributed by atoms with E-state index in [2.05, 4.69) is 6.92 Å². The van der Waals surface area contributed by atoms with Gasteiger partial charge in [0.2, 0.25) is 0 Å². The fourth-order valence-electron chi connectivity index (χ4n) is 2.34. The Morgan fingerprint density at radius 1 is 1.35 bits per heavy atom. The van der Waals surface area contributed by atoms with E-state index in [1.54, 1.807) is 4.90 Å². The maximum atomic E-state index is 12.1. The smallest absolute Gasteiger partial charge is 0.410 e. The predicted molar refractivity (Wildman–Crippen MR) is 77.7 cm³/mol. The van der Waals surface area contributed by atoms with Gasteiger partial charge in [0.25, 0.3) is 0 Å². The molecule has 5 nitrogen and oxygen atoms in total. The van der Waals surface area contributed by atoms with Crippen LogP contribution in [0, 0.1) is 0 Å². The van der Waals surface area contributed by atoms with E-state index in [0.29, 0.717) is 19.7 Å². The molecule has 0 aromatic heterocycles. The van der Waals surface area contributed by atoms with E-state index in [1.807, 2.05) is 20.8 Å². The third kappa shape index (κ3) is 5.29. The van der Waals surface area contributed by atoms with Crippen molar-refractivity contribution in [1.82, 2.24) is 4.90 Å². The molecular formula is C15H29NO4. The summed E-state index contributed by atoms with van der Waals surface area (Å²) in [7, 11) is 0. The van der Waals surface area contributed by atoms with Gasteiger partial charge in [-0.25, -0.2) is 4.79 Å². The third-order valence-electron chi connectivity index (χ3n) is 3.57. The lowest BCUT2D eigenvalue weighted by Gasteiger charge is -2.29. The molecule has 1 fully saturated rings. The van der Waals surface area contributed by atoms with Crippen LogP contribution in [0.4, 0.5) is 4.79 Å². The number of carbonyl (C=O) groups excluding carboxylic acids is 1. The molecule has 1 amide bonds. The molecule has 0 spiro atoms. The number of rotatable bonds is 6. The van der Waals surface area contributed by atoms with Crippen LogP contribution in [0.3, 0.4) is 0 Å². The minimum atomic E-state index is -0.462. The molecule has 0 radical (unpaired) electrons. The summed E-state index contributed by atoms with van der Waals surface area (Å²) in [4.78, 5) is 13.8. The monoisotopic (exact) mass is 287 g/mol. The van der Waals surface area contributed by atoms with Gasteiger partial charge in [-0.2, -0.15) is 0 Å². The Morgan fingerprint density at radius 3 is 2.60 bits per heavy atom. The number of aliphatic hydroxyl groups excluding tert-OH is 1. The number of likely N-dealkylation sites (tertiary alicyclic amines) is 1. The summed E-state index contributed by atoms with van der Waals surface area (Å²) in [6.07, 6.45) is 3.08. The summed E-state index contributed by atoms with van der Waals surface area (Å²) in [6, 6.07) is 0. The molecule has 20 heavy (non-hydrogen) atoms. The summed E-state index contributed by atoms with van der Waals surface area (Å²) < 4.78 is 11.4. The van der Waals surface area contributed by atoms with Crippen molar-refractivity contribution < 1.29 is 19.4 Å². The van der Waals surface area contributed by atoms with Crippen LogP contribution in [0.1, 0.15) is 53.4 Å². The molecule has 5 heteroatoms. The van der Waals surface area contributed by atoms with Crippen LogP contribution >= 0.6 is 0 Å². The molecule has 1 rings (SSSR count). The van der Waals surface area contributed by atoms with Crippen LogP contribution in [0.15, 0.2) is 0 Å². The van der Waals surface area contributed by atoms with E-state index in [1.165, 1.54) is 0 Å². The molecule has 1 saturated heterocycles. The Kier molecular flexibility index (Phi) is 6.27. The summed E-state index contributed by atoms with van der Waals surface area (Å²) in [5.41, 5.74) is -0.705. The van der Waals surface area contributed by atoms with Crippen LogP contribution in [0.2, 0.25) is 0 Å². The molecule has 1 unspecified atom stereocenters. The molecule has 118 valence electrons. The first-order chi connectivity index (χ1) is 9.32. The SMILES string of the molecule is CCC1(OCCCCO)CCN(C(=O)OC(C)(C)C)C1. The van der Waals surface area contributed by atoms with E-state index in [0.717, 1.165) is 25.7 Å². The topological polar surface area (TPSA) is 59.0 Å². The maximum absolute atomic E-state index is 12.1. The predicted octanol–water partition coefficient (Wildman–Crippen LogP) is 2.57. The quantitative estimate of drug-likeness (QED) is 0.763. The Labute approximate surface area is 122 Å². The fourth-order valence-corrected chi connectivity index (χ4v) is 2.34. The molecular weight excluding hydrogens is 258 g/mol. The van der Waals surface area contributed by atoms with Gasteiger partial charge in [0.1, 0.15) is 5.60 Å². The van der Waals surface area contributed by atoms with Crippen LogP contribution in [-0.2, 0) is 9.47 Å². The maximum Gasteiger partial charge on any atom is 0.410 e. The molecule has 0 aromatic rings. The summed E-state index contributed by atoms with van der Waals surface area (Å²) >= 11 is 0. The van der Waals surface area contributed by atoms with Crippen molar-refractivity contribution >= 4 is 6.09 Å². The number of carbonyl (C=O) groups is 1. The van der Waals surface area contributed by atoms with Gasteiger partial charge in [-0.15, -0.1) is 0 Å². The van der Waals surface area contributed by atoms with Crippen molar-refractivity contribution in [2.45, 2.75) is 64.6 Å². The fraction of sp³-hybridized carbons (Fsp3) is 0.933. The van der Waals surface area contributed by atoms with Gasteiger partial charge in [-0.05, 0) is 46.5 Å². The molecule has 1 aliphatic rings. The molecule has 0 aromatic carbocycles. The number of hydrogen-bond donors (Lipinski definition) is 1. The second-order valence-corrected chi connectivity index (χ2v) is 6.47. The molecule has 1 aliphatic heterocycles. The van der Waals surface area contributed by atoms with Crippen molar-refractivity contribution in [2.24, 2.45) is 0 Å². The zero-order valence-electron chi connectivity index (χ0n) is 13.3. The lowest BCUT2D eigenvalue weighted by atomic mass is 10.00. The van der Waals surface area contributed by atoms with Crippen molar-refractivity contribution in [2.75, 3.05) is 26.3 Å². The number of nitrogens with zero attached hydrogens (tertiary/aromatic N) is 1. The van der Waals surface area contributed by atoms with Gasteiger partial charge in [0, 0.05) is 19.8 Å². The van der Waals surface area contributed by atoms with Crippen LogP contribution in [-0.4, -0.2) is 53.6 Å². The molecule has 1 atom stereocenters. The highest BCUT2D eigenvalue weighted by molar-refractivity contribution is 5.68. The van der Waals surface area contributed by atoms with Crippen molar-refractivity contribution in [3.63, 3.8) is 0 Å². The summed E-state index contributed by atoms with van der Waals surface area (Å²) in [5, 5.41) is 8.78. The number of aliphatic hydroxyl groups is 1. The highest BCUT2D eigenvalue weighted by Crippen LogP contribution is 2.30. The second kappa shape index (κ2) is 7.27. The van der Waals surface area contributed by atoms with Crippen molar-refractivity contribution in [1.29, 1.82) is 0 Å². The van der Waals surface area contributed by atoms with Gasteiger partial charge in [-0.1, -0.05) is 6.92 Å². The van der Waals surface area contributed by atoms with E-state index in [-0.39, 0.29) is 18.3 Å². The van der Waals surface area contributed by atoms with E-state index in [9.17, 15) is 4.79 Å². The number of ether oxygens (including phenoxy) is 2. The number of hydrogen-bond acceptors (Lipinski definition) is 4. The number of unbranched alkanes of at least 4 members (excludes halogenated alkanes) is 1. The second-order valence-electron chi connectivity index (χ2n) is 6.47. The van der Waals surface area contributed by atoms with Crippen molar-refractivity contribution in [3.8, 4) is 0 Å². The Morgan fingerprint density at radius 2 is 2.05 bits per heavy atom. The Bertz CT molecular complexity index is 313. The summed E-state index contributed by atoms with van der Waals surface area (Å²) in [5.74, 6) is 0. The normalized spacial score (nSPS) is 23.1. The molecule has 1 N–H and O–H groups in total. The largest absolute Gasteiger partial charge is 0.444 e. The average Bonchev–Trinajstić information content (AvgIpc) is 2.78. The third-order valence-corrected chi connectivity index (χ3v) is 3.57. The van der Waals surface area contributed by atoms with Crippen LogP contribution in [0.5, 0.6) is 0 Å². The lowest BCUT2D eigenvalue weighted by Crippen LogP contribution is -2.40. The highest BCUT2D eigenvalue weighted by Gasteiger charge is 2.40. The van der Waals surface area contributed by atoms with Crippen LogP contribution in [0.25, 0.3) is 0 Å². The first-order valence-corrected chi connectivity index (χ1v) is 7.55. The zero-order chi connectivity index (χ0) is 15.2. The van der Waals surface area contributed by atoms with E-state index >= 15 is 0 Å². The van der Waals surface area contributed by atoms with Crippen LogP contribution < -0.4 is 0 Å². The Balaban J connectivity index is 2.47. The van der Waals surface area contributed by atoms with Gasteiger partial charge in [-0.3, -0.25) is 0 Å². The Hall–Kier alpha value is -0.810. The average molecular weight is 287 g/mol. The van der Waals surface area contributed by atoms with Crippen molar-refractivity contribution in [3.05, 3.63) is 0 Å². The lowest BCUT2D eigenvalue weighted by molar-refractivity contribution is -0.0445. The van der Waals surface area contributed by atoms with Gasteiger partial charge < -0.3 is 19.5 Å². The molecule has 0 bridgehead atoms. The highest BCUT2D eigenvalue weighted by atomic mass is 16.6. The summed E-state index contributed by atoms with van der Waals surface area (Å²) in [6.45, 7) is 9.83. The first-order valence-electron chi connectivity index (χ1n) is 7.55. The minimum absolute atomic E-state index is 0.201. The minimum Gasteiger partial charge on any atom is -0.444 e. The number of amides is 1. The van der Waals surface area contributed by atoms with Gasteiger partial charge in [0.05, 0.1) is 12.1 Å². The van der Waals surface area contributed by atoms with E-state index < -0.39 is 5.60 Å².